The van der Waals surface area contributed by atoms with E-state index in [0.717, 1.165) is 13.1 Å². The van der Waals surface area contributed by atoms with Gasteiger partial charge in [-0.05, 0) is 20.8 Å². The SMILES string of the molecule is CCN(CC)C(=O)CCNc1cc(=O)[nH]c(C)n1. The summed E-state index contributed by atoms with van der Waals surface area (Å²) >= 11 is 0. The minimum absolute atomic E-state index is 0.106. The summed E-state index contributed by atoms with van der Waals surface area (Å²) in [5.41, 5.74) is -0.194. The van der Waals surface area contributed by atoms with Crippen molar-refractivity contribution >= 4 is 11.7 Å². The van der Waals surface area contributed by atoms with Crippen molar-refractivity contribution in [2.75, 3.05) is 25.0 Å². The van der Waals surface area contributed by atoms with Crippen molar-refractivity contribution in [2.24, 2.45) is 0 Å². The van der Waals surface area contributed by atoms with Gasteiger partial charge in [-0.15, -0.1) is 0 Å². The summed E-state index contributed by atoms with van der Waals surface area (Å²) in [4.78, 5) is 31.4. The van der Waals surface area contributed by atoms with Crippen LogP contribution >= 0.6 is 0 Å². The van der Waals surface area contributed by atoms with Crippen LogP contribution in [0.1, 0.15) is 26.1 Å². The van der Waals surface area contributed by atoms with Gasteiger partial charge in [0.05, 0.1) is 0 Å². The van der Waals surface area contributed by atoms with Crippen molar-refractivity contribution in [2.45, 2.75) is 27.2 Å². The summed E-state index contributed by atoms with van der Waals surface area (Å²) in [6, 6.07) is 1.38. The molecule has 6 heteroatoms. The number of aromatic nitrogens is 2. The number of anilines is 1. The Labute approximate surface area is 106 Å². The van der Waals surface area contributed by atoms with Crippen LogP contribution in [-0.4, -0.2) is 40.4 Å². The zero-order chi connectivity index (χ0) is 13.5. The Kier molecular flexibility index (Phi) is 5.35. The third kappa shape index (κ3) is 4.20. The number of hydrogen-bond acceptors (Lipinski definition) is 4. The van der Waals surface area contributed by atoms with Crippen molar-refractivity contribution in [3.63, 3.8) is 0 Å². The van der Waals surface area contributed by atoms with Gasteiger partial charge in [-0.25, -0.2) is 4.98 Å². The largest absolute Gasteiger partial charge is 0.369 e. The van der Waals surface area contributed by atoms with Gasteiger partial charge in [-0.1, -0.05) is 0 Å². The molecule has 100 valence electrons. The van der Waals surface area contributed by atoms with Crippen molar-refractivity contribution < 1.29 is 4.79 Å². The molecule has 0 unspecified atom stereocenters. The highest BCUT2D eigenvalue weighted by atomic mass is 16.2. The fourth-order valence-electron chi connectivity index (χ4n) is 1.70. The molecule has 0 atom stereocenters. The van der Waals surface area contributed by atoms with Crippen molar-refractivity contribution in [1.29, 1.82) is 0 Å². The topological polar surface area (TPSA) is 78.1 Å². The molecule has 0 aliphatic rings. The van der Waals surface area contributed by atoms with Gasteiger partial charge in [-0.2, -0.15) is 0 Å². The summed E-state index contributed by atoms with van der Waals surface area (Å²) in [5, 5.41) is 2.98. The second kappa shape index (κ2) is 6.78. The van der Waals surface area contributed by atoms with Gasteiger partial charge in [0.25, 0.3) is 5.56 Å². The standard InChI is InChI=1S/C12H20N4O2/c1-4-16(5-2)12(18)6-7-13-10-8-11(17)15-9(3)14-10/h8H,4-7H2,1-3H3,(H2,13,14,15,17). The first-order chi connectivity index (χ1) is 8.56. The molecule has 0 saturated heterocycles. The number of carbonyl (C=O) groups is 1. The van der Waals surface area contributed by atoms with E-state index in [4.69, 9.17) is 0 Å². The number of aryl methyl sites for hydroxylation is 1. The van der Waals surface area contributed by atoms with Crippen LogP contribution in [-0.2, 0) is 4.79 Å². The predicted octanol–water partition coefficient (Wildman–Crippen LogP) is 0.749. The summed E-state index contributed by atoms with van der Waals surface area (Å²) < 4.78 is 0. The molecule has 0 aliphatic heterocycles. The maximum atomic E-state index is 11.7. The highest BCUT2D eigenvalue weighted by Gasteiger charge is 2.08. The Morgan fingerprint density at radius 1 is 1.44 bits per heavy atom. The van der Waals surface area contributed by atoms with Gasteiger partial charge in [0, 0.05) is 32.1 Å². The monoisotopic (exact) mass is 252 g/mol. The third-order valence-corrected chi connectivity index (χ3v) is 2.62. The molecule has 0 radical (unpaired) electrons. The normalized spacial score (nSPS) is 10.2. The molecular weight excluding hydrogens is 232 g/mol. The van der Waals surface area contributed by atoms with Gasteiger partial charge in [0.2, 0.25) is 5.91 Å². The fourth-order valence-corrected chi connectivity index (χ4v) is 1.70. The summed E-state index contributed by atoms with van der Waals surface area (Å²) in [6.07, 6.45) is 0.398. The molecule has 1 amide bonds. The van der Waals surface area contributed by atoms with Crippen LogP contribution in [0.5, 0.6) is 0 Å². The zero-order valence-corrected chi connectivity index (χ0v) is 11.1. The van der Waals surface area contributed by atoms with E-state index in [1.807, 2.05) is 13.8 Å². The van der Waals surface area contributed by atoms with Gasteiger partial charge >= 0.3 is 0 Å². The van der Waals surface area contributed by atoms with Crippen LogP contribution in [0.4, 0.5) is 5.82 Å². The molecule has 0 spiro atoms. The first-order valence-electron chi connectivity index (χ1n) is 6.16. The molecule has 1 aromatic rings. The predicted molar refractivity (Wildman–Crippen MR) is 70.6 cm³/mol. The zero-order valence-electron chi connectivity index (χ0n) is 11.1. The highest BCUT2D eigenvalue weighted by molar-refractivity contribution is 5.76. The summed E-state index contributed by atoms with van der Waals surface area (Å²) in [5.74, 6) is 1.16. The first kappa shape index (κ1) is 14.2. The second-order valence-corrected chi connectivity index (χ2v) is 3.96. The lowest BCUT2D eigenvalue weighted by atomic mass is 10.3. The van der Waals surface area contributed by atoms with Crippen LogP contribution in [0.25, 0.3) is 0 Å². The lowest BCUT2D eigenvalue weighted by Gasteiger charge is -2.18. The first-order valence-corrected chi connectivity index (χ1v) is 6.16. The molecule has 0 aromatic carbocycles. The van der Waals surface area contributed by atoms with Crippen LogP contribution in [0.2, 0.25) is 0 Å². The number of aromatic amines is 1. The minimum Gasteiger partial charge on any atom is -0.369 e. The smallest absolute Gasteiger partial charge is 0.252 e. The van der Waals surface area contributed by atoms with Crippen molar-refractivity contribution in [3.05, 3.63) is 22.2 Å². The van der Waals surface area contributed by atoms with Crippen molar-refractivity contribution in [3.8, 4) is 0 Å². The number of nitrogens with zero attached hydrogens (tertiary/aromatic N) is 2. The maximum absolute atomic E-state index is 11.7. The molecule has 1 aromatic heterocycles. The minimum atomic E-state index is -0.194. The number of amides is 1. The number of rotatable bonds is 6. The van der Waals surface area contributed by atoms with Gasteiger partial charge in [0.1, 0.15) is 11.6 Å². The Balaban J connectivity index is 2.46. The van der Waals surface area contributed by atoms with Gasteiger partial charge < -0.3 is 15.2 Å². The van der Waals surface area contributed by atoms with Gasteiger partial charge in [-0.3, -0.25) is 9.59 Å². The summed E-state index contributed by atoms with van der Waals surface area (Å²) in [7, 11) is 0. The lowest BCUT2D eigenvalue weighted by Crippen LogP contribution is -2.31. The molecule has 0 saturated carbocycles. The molecular formula is C12H20N4O2. The lowest BCUT2D eigenvalue weighted by molar-refractivity contribution is -0.130. The number of H-pyrrole nitrogens is 1. The molecule has 1 rings (SSSR count). The number of carbonyl (C=O) groups excluding carboxylic acids is 1. The van der Waals surface area contributed by atoms with E-state index in [2.05, 4.69) is 15.3 Å². The number of hydrogen-bond donors (Lipinski definition) is 2. The van der Waals surface area contributed by atoms with E-state index in [1.165, 1.54) is 6.07 Å². The van der Waals surface area contributed by atoms with E-state index in [-0.39, 0.29) is 11.5 Å². The Morgan fingerprint density at radius 3 is 2.67 bits per heavy atom. The van der Waals surface area contributed by atoms with Crippen LogP contribution < -0.4 is 10.9 Å². The molecule has 1 heterocycles. The highest BCUT2D eigenvalue weighted by Crippen LogP contribution is 1.99. The molecule has 6 nitrogen and oxygen atoms in total. The van der Waals surface area contributed by atoms with Crippen molar-refractivity contribution in [1.82, 2.24) is 14.9 Å². The average molecular weight is 252 g/mol. The van der Waals surface area contributed by atoms with E-state index in [1.54, 1.807) is 11.8 Å². The average Bonchev–Trinajstić information content (AvgIpc) is 2.29. The van der Waals surface area contributed by atoms with Crippen LogP contribution in [0, 0.1) is 6.92 Å². The van der Waals surface area contributed by atoms with E-state index < -0.39 is 0 Å². The third-order valence-electron chi connectivity index (χ3n) is 2.62. The quantitative estimate of drug-likeness (QED) is 0.783. The second-order valence-electron chi connectivity index (χ2n) is 3.96. The van der Waals surface area contributed by atoms with E-state index in [0.29, 0.717) is 24.6 Å². The van der Waals surface area contributed by atoms with Gasteiger partial charge in [0.15, 0.2) is 0 Å². The fraction of sp³-hybridized carbons (Fsp3) is 0.583. The van der Waals surface area contributed by atoms with Crippen LogP contribution in [0.15, 0.2) is 10.9 Å². The van der Waals surface area contributed by atoms with Crippen LogP contribution in [0.3, 0.4) is 0 Å². The molecule has 2 N–H and O–H groups in total. The molecule has 0 bridgehead atoms. The Hall–Kier alpha value is -1.85. The summed E-state index contributed by atoms with van der Waals surface area (Å²) in [6.45, 7) is 7.54. The Morgan fingerprint density at radius 2 is 2.11 bits per heavy atom. The van der Waals surface area contributed by atoms with E-state index >= 15 is 0 Å². The maximum Gasteiger partial charge on any atom is 0.252 e. The Bertz CT molecular complexity index is 452. The molecule has 18 heavy (non-hydrogen) atoms. The molecule has 0 aliphatic carbocycles. The molecule has 0 fully saturated rings. The number of nitrogens with one attached hydrogen (secondary N) is 2. The van der Waals surface area contributed by atoms with E-state index in [9.17, 15) is 9.59 Å².